The Bertz CT molecular complexity index is 768. The summed E-state index contributed by atoms with van der Waals surface area (Å²) in [4.78, 5) is 6.77. The van der Waals surface area contributed by atoms with Crippen molar-refractivity contribution in [1.29, 1.82) is 5.26 Å². The van der Waals surface area contributed by atoms with Crippen LogP contribution in [0.25, 0.3) is 0 Å². The Morgan fingerprint density at radius 2 is 2.12 bits per heavy atom. The first-order valence-corrected chi connectivity index (χ1v) is 8.74. The fraction of sp³-hybridized carbons (Fsp3) is 0.368. The summed E-state index contributed by atoms with van der Waals surface area (Å²) >= 11 is 6.19. The molecule has 1 aromatic heterocycles. The summed E-state index contributed by atoms with van der Waals surface area (Å²) in [6, 6.07) is 14.1. The highest BCUT2D eigenvalue weighted by molar-refractivity contribution is 6.30. The molecular formula is C19H21ClN4O. The van der Waals surface area contributed by atoms with E-state index in [0.29, 0.717) is 18.1 Å². The minimum Gasteiger partial charge on any atom is -0.379 e. The van der Waals surface area contributed by atoms with Crippen LogP contribution in [-0.2, 0) is 4.74 Å². The number of pyridine rings is 1. The van der Waals surface area contributed by atoms with Crippen LogP contribution >= 0.6 is 11.6 Å². The number of nitrogens with zero attached hydrogens (tertiary/aromatic N) is 3. The van der Waals surface area contributed by atoms with Gasteiger partial charge in [0.05, 0.1) is 19.3 Å². The maximum absolute atomic E-state index is 9.16. The van der Waals surface area contributed by atoms with Gasteiger partial charge in [-0.3, -0.25) is 4.90 Å². The van der Waals surface area contributed by atoms with Crippen LogP contribution in [0.5, 0.6) is 0 Å². The average molecular weight is 357 g/mol. The molecule has 1 atom stereocenters. The van der Waals surface area contributed by atoms with Crippen LogP contribution in [0.2, 0.25) is 5.02 Å². The Morgan fingerprint density at radius 1 is 1.32 bits per heavy atom. The Morgan fingerprint density at radius 3 is 2.84 bits per heavy atom. The van der Waals surface area contributed by atoms with E-state index in [9.17, 15) is 0 Å². The highest BCUT2D eigenvalue weighted by Crippen LogP contribution is 2.25. The molecule has 0 saturated carbocycles. The number of hydrogen-bond donors (Lipinski definition) is 1. The zero-order valence-corrected chi connectivity index (χ0v) is 15.0. The van der Waals surface area contributed by atoms with Gasteiger partial charge in [0.25, 0.3) is 0 Å². The van der Waals surface area contributed by atoms with Crippen molar-refractivity contribution in [3.63, 3.8) is 0 Å². The molecule has 1 aromatic carbocycles. The lowest BCUT2D eigenvalue weighted by atomic mass is 10.0. The highest BCUT2D eigenvalue weighted by atomic mass is 35.5. The number of aryl methyl sites for hydroxylation is 1. The lowest BCUT2D eigenvalue weighted by molar-refractivity contribution is 0.0187. The Hall–Kier alpha value is -2.13. The number of morpholine rings is 1. The molecule has 0 radical (unpaired) electrons. The van der Waals surface area contributed by atoms with E-state index >= 15 is 0 Å². The summed E-state index contributed by atoms with van der Waals surface area (Å²) < 4.78 is 5.48. The zero-order chi connectivity index (χ0) is 17.6. The van der Waals surface area contributed by atoms with E-state index in [2.05, 4.69) is 27.3 Å². The number of anilines is 1. The van der Waals surface area contributed by atoms with Crippen molar-refractivity contribution in [3.8, 4) is 6.07 Å². The van der Waals surface area contributed by atoms with Gasteiger partial charge in [0.2, 0.25) is 0 Å². The number of ether oxygens (including phenoxy) is 1. The third-order valence-corrected chi connectivity index (χ3v) is 4.63. The molecule has 0 spiro atoms. The highest BCUT2D eigenvalue weighted by Gasteiger charge is 2.23. The van der Waals surface area contributed by atoms with E-state index in [0.717, 1.165) is 42.5 Å². The molecule has 1 N–H and O–H groups in total. The molecule has 1 unspecified atom stereocenters. The molecule has 25 heavy (non-hydrogen) atoms. The monoisotopic (exact) mass is 356 g/mol. The minimum atomic E-state index is 0.163. The van der Waals surface area contributed by atoms with Crippen LogP contribution in [0.4, 0.5) is 5.82 Å². The Kier molecular flexibility index (Phi) is 5.87. The molecule has 1 saturated heterocycles. The molecule has 0 bridgehead atoms. The summed E-state index contributed by atoms with van der Waals surface area (Å²) in [5.41, 5.74) is 2.50. The summed E-state index contributed by atoms with van der Waals surface area (Å²) in [6.45, 7) is 5.79. The van der Waals surface area contributed by atoms with Gasteiger partial charge in [-0.15, -0.1) is 0 Å². The number of nitrogens with one attached hydrogen (secondary N) is 1. The molecule has 1 aliphatic heterocycles. The van der Waals surface area contributed by atoms with Crippen molar-refractivity contribution in [2.75, 3.05) is 38.2 Å². The molecule has 0 amide bonds. The van der Waals surface area contributed by atoms with Crippen molar-refractivity contribution in [2.45, 2.75) is 13.0 Å². The molecule has 130 valence electrons. The van der Waals surface area contributed by atoms with E-state index in [1.165, 1.54) is 0 Å². The van der Waals surface area contributed by atoms with E-state index in [1.54, 1.807) is 0 Å². The van der Waals surface area contributed by atoms with E-state index in [4.69, 9.17) is 21.6 Å². The lowest BCUT2D eigenvalue weighted by Gasteiger charge is -2.35. The second kappa shape index (κ2) is 8.30. The smallest absolute Gasteiger partial charge is 0.145 e. The van der Waals surface area contributed by atoms with Crippen LogP contribution in [0.3, 0.4) is 0 Å². The van der Waals surface area contributed by atoms with Gasteiger partial charge in [-0.05, 0) is 36.2 Å². The third kappa shape index (κ3) is 4.49. The number of benzene rings is 1. The fourth-order valence-corrected chi connectivity index (χ4v) is 3.20. The first kappa shape index (κ1) is 17.7. The number of aromatic nitrogens is 1. The maximum atomic E-state index is 9.16. The van der Waals surface area contributed by atoms with Crippen molar-refractivity contribution >= 4 is 17.4 Å². The molecule has 1 aliphatic rings. The minimum absolute atomic E-state index is 0.163. The zero-order valence-electron chi connectivity index (χ0n) is 14.2. The van der Waals surface area contributed by atoms with Gasteiger partial charge in [0.1, 0.15) is 17.6 Å². The molecule has 2 heterocycles. The van der Waals surface area contributed by atoms with Gasteiger partial charge in [0.15, 0.2) is 0 Å². The van der Waals surface area contributed by atoms with Gasteiger partial charge in [-0.25, -0.2) is 4.98 Å². The van der Waals surface area contributed by atoms with E-state index in [1.807, 2.05) is 37.3 Å². The number of rotatable bonds is 5. The van der Waals surface area contributed by atoms with Crippen LogP contribution in [-0.4, -0.2) is 42.7 Å². The quantitative estimate of drug-likeness (QED) is 0.889. The third-order valence-electron chi connectivity index (χ3n) is 4.40. The first-order chi connectivity index (χ1) is 12.2. The number of nitriles is 1. The molecule has 1 fully saturated rings. The summed E-state index contributed by atoms with van der Waals surface area (Å²) in [5, 5.41) is 13.3. The van der Waals surface area contributed by atoms with Crippen LogP contribution < -0.4 is 5.32 Å². The number of hydrogen-bond acceptors (Lipinski definition) is 5. The van der Waals surface area contributed by atoms with Crippen molar-refractivity contribution in [3.05, 3.63) is 58.2 Å². The largest absolute Gasteiger partial charge is 0.379 e. The predicted molar refractivity (Wildman–Crippen MR) is 98.8 cm³/mol. The van der Waals surface area contributed by atoms with Crippen molar-refractivity contribution in [2.24, 2.45) is 0 Å². The lowest BCUT2D eigenvalue weighted by Crippen LogP contribution is -2.41. The second-order valence-electron chi connectivity index (χ2n) is 6.07. The Labute approximate surface area is 153 Å². The fourth-order valence-electron chi connectivity index (χ4n) is 3.00. The van der Waals surface area contributed by atoms with Gasteiger partial charge >= 0.3 is 0 Å². The normalized spacial score (nSPS) is 16.2. The van der Waals surface area contributed by atoms with E-state index < -0.39 is 0 Å². The van der Waals surface area contributed by atoms with Crippen LogP contribution in [0.1, 0.15) is 22.9 Å². The molecule has 5 nitrogen and oxygen atoms in total. The number of halogens is 1. The standard InChI is InChI=1S/C19H21ClN4O/c1-14-5-6-19(23-17(14)12-21)22-13-18(24-7-9-25-10-8-24)15-3-2-4-16(20)11-15/h2-6,11,18H,7-10,13H2,1H3,(H,22,23). The summed E-state index contributed by atoms with van der Waals surface area (Å²) in [6.07, 6.45) is 0. The molecule has 3 rings (SSSR count). The van der Waals surface area contributed by atoms with Gasteiger partial charge in [-0.2, -0.15) is 5.26 Å². The van der Waals surface area contributed by atoms with Gasteiger partial charge in [0, 0.05) is 24.7 Å². The summed E-state index contributed by atoms with van der Waals surface area (Å²) in [5.74, 6) is 0.711. The predicted octanol–water partition coefficient (Wildman–Crippen LogP) is 3.40. The molecule has 2 aromatic rings. The molecular weight excluding hydrogens is 336 g/mol. The summed E-state index contributed by atoms with van der Waals surface area (Å²) in [7, 11) is 0. The van der Waals surface area contributed by atoms with E-state index in [-0.39, 0.29) is 6.04 Å². The van der Waals surface area contributed by atoms with Crippen molar-refractivity contribution in [1.82, 2.24) is 9.88 Å². The van der Waals surface area contributed by atoms with Gasteiger partial charge < -0.3 is 10.1 Å². The molecule has 0 aliphatic carbocycles. The molecule has 6 heteroatoms. The van der Waals surface area contributed by atoms with Crippen LogP contribution in [0, 0.1) is 18.3 Å². The second-order valence-corrected chi connectivity index (χ2v) is 6.51. The van der Waals surface area contributed by atoms with Gasteiger partial charge in [-0.1, -0.05) is 29.8 Å². The maximum Gasteiger partial charge on any atom is 0.145 e. The first-order valence-electron chi connectivity index (χ1n) is 8.36. The SMILES string of the molecule is Cc1ccc(NCC(c2cccc(Cl)c2)N2CCOCC2)nc1C#N. The topological polar surface area (TPSA) is 61.2 Å². The van der Waals surface area contributed by atoms with Crippen LogP contribution in [0.15, 0.2) is 36.4 Å². The van der Waals surface area contributed by atoms with Crippen molar-refractivity contribution < 1.29 is 4.74 Å². The Balaban J connectivity index is 1.79. The average Bonchev–Trinajstić information content (AvgIpc) is 2.64.